The zero-order valence-corrected chi connectivity index (χ0v) is 18.5. The molecule has 0 saturated carbocycles. The molecule has 7 heteroatoms. The van der Waals surface area contributed by atoms with Gasteiger partial charge in [0, 0.05) is 39.6 Å². The number of ether oxygens (including phenoxy) is 2. The van der Waals surface area contributed by atoms with Crippen molar-refractivity contribution in [1.29, 1.82) is 0 Å². The number of nitrogens with one attached hydrogen (secondary N) is 1. The summed E-state index contributed by atoms with van der Waals surface area (Å²) in [6.07, 6.45) is 1.65. The second-order valence-corrected chi connectivity index (χ2v) is 7.61. The maximum atomic E-state index is 12.9. The van der Waals surface area contributed by atoms with E-state index in [0.29, 0.717) is 28.1 Å². The molecule has 3 aromatic carbocycles. The topological polar surface area (TPSA) is 98.8 Å². The van der Waals surface area contributed by atoms with Crippen LogP contribution in [0.5, 0.6) is 5.75 Å². The van der Waals surface area contributed by atoms with E-state index >= 15 is 0 Å². The number of fused-ring (bicyclic) bond motifs is 2. The van der Waals surface area contributed by atoms with Crippen molar-refractivity contribution < 1.29 is 28.7 Å². The van der Waals surface area contributed by atoms with Crippen molar-refractivity contribution in [1.82, 2.24) is 0 Å². The highest BCUT2D eigenvalue weighted by molar-refractivity contribution is 6.28. The minimum absolute atomic E-state index is 0.214. The number of para-hydroxylation sites is 1. The Balaban J connectivity index is 1.43. The first kappa shape index (κ1) is 22.7. The number of methoxy groups -OCH3 is 1. The van der Waals surface area contributed by atoms with Gasteiger partial charge in [-0.2, -0.15) is 0 Å². The Hall–Kier alpha value is -4.52. The summed E-state index contributed by atoms with van der Waals surface area (Å²) in [5.74, 6) is -1.21. The quantitative estimate of drug-likeness (QED) is 0.348. The van der Waals surface area contributed by atoms with Crippen LogP contribution >= 0.6 is 0 Å². The average Bonchev–Trinajstić information content (AvgIpc) is 2.86. The van der Waals surface area contributed by atoms with Crippen LogP contribution in [0.25, 0.3) is 6.08 Å². The maximum Gasteiger partial charge on any atom is 0.331 e. The van der Waals surface area contributed by atoms with Crippen molar-refractivity contribution in [3.8, 4) is 5.75 Å². The van der Waals surface area contributed by atoms with Gasteiger partial charge in [-0.3, -0.25) is 14.4 Å². The lowest BCUT2D eigenvalue weighted by atomic mass is 9.84. The Morgan fingerprint density at radius 2 is 1.47 bits per heavy atom. The molecule has 34 heavy (non-hydrogen) atoms. The third-order valence-corrected chi connectivity index (χ3v) is 5.39. The van der Waals surface area contributed by atoms with E-state index in [1.165, 1.54) is 44.4 Å². The molecule has 0 fully saturated rings. The zero-order valence-electron chi connectivity index (χ0n) is 18.5. The lowest BCUT2D eigenvalue weighted by Gasteiger charge is -2.18. The van der Waals surface area contributed by atoms with Gasteiger partial charge in [0.1, 0.15) is 5.75 Å². The average molecular weight is 455 g/mol. The fraction of sp³-hybridized carbons (Fsp3) is 0.111. The molecule has 170 valence electrons. The molecule has 0 heterocycles. The second kappa shape index (κ2) is 9.54. The molecule has 1 unspecified atom stereocenters. The molecular formula is C27H21NO6. The van der Waals surface area contributed by atoms with Gasteiger partial charge in [-0.05, 0) is 37.3 Å². The minimum atomic E-state index is -1.09. The number of rotatable bonds is 6. The van der Waals surface area contributed by atoms with E-state index in [9.17, 15) is 19.2 Å². The van der Waals surface area contributed by atoms with Gasteiger partial charge in [0.15, 0.2) is 17.7 Å². The van der Waals surface area contributed by atoms with Crippen molar-refractivity contribution in [2.75, 3.05) is 12.4 Å². The Kier molecular flexibility index (Phi) is 6.36. The smallest absolute Gasteiger partial charge is 0.331 e. The summed E-state index contributed by atoms with van der Waals surface area (Å²) in [5.41, 5.74) is 2.19. The standard InChI is InChI=1S/C27H21NO6/c1-16(34-24(29)14-11-17-7-3-6-10-23(17)33-2)27(32)28-18-12-13-21-22(15-18)26(31)20-9-5-4-8-19(20)25(21)30/h3-16H,1-2H3,(H,28,32)/b14-11+. The third-order valence-electron chi connectivity index (χ3n) is 5.39. The van der Waals surface area contributed by atoms with Crippen LogP contribution < -0.4 is 10.1 Å². The number of amides is 1. The van der Waals surface area contributed by atoms with Crippen molar-refractivity contribution >= 4 is 35.2 Å². The molecule has 0 radical (unpaired) electrons. The first-order valence-electron chi connectivity index (χ1n) is 10.5. The summed E-state index contributed by atoms with van der Waals surface area (Å²) in [5, 5.41) is 2.62. The van der Waals surface area contributed by atoms with Gasteiger partial charge < -0.3 is 14.8 Å². The van der Waals surface area contributed by atoms with Crippen molar-refractivity contribution in [2.45, 2.75) is 13.0 Å². The number of anilines is 1. The first-order chi connectivity index (χ1) is 16.4. The van der Waals surface area contributed by atoms with Crippen LogP contribution in [-0.2, 0) is 14.3 Å². The molecule has 0 bridgehead atoms. The van der Waals surface area contributed by atoms with E-state index in [0.717, 1.165) is 0 Å². The molecule has 1 aliphatic rings. The Morgan fingerprint density at radius 1 is 0.853 bits per heavy atom. The van der Waals surface area contributed by atoms with Gasteiger partial charge in [0.25, 0.3) is 5.91 Å². The minimum Gasteiger partial charge on any atom is -0.496 e. The Bertz CT molecular complexity index is 1340. The SMILES string of the molecule is COc1ccccc1/C=C/C(=O)OC(C)C(=O)Nc1ccc2c(c1)C(=O)c1ccccc1C2=O. The number of hydrogen-bond acceptors (Lipinski definition) is 6. The number of benzene rings is 3. The lowest BCUT2D eigenvalue weighted by molar-refractivity contribution is -0.148. The summed E-state index contributed by atoms with van der Waals surface area (Å²) in [6.45, 7) is 1.44. The first-order valence-corrected chi connectivity index (χ1v) is 10.5. The van der Waals surface area contributed by atoms with Gasteiger partial charge in [-0.25, -0.2) is 4.79 Å². The van der Waals surface area contributed by atoms with Crippen LogP contribution in [0.15, 0.2) is 72.8 Å². The molecule has 0 saturated heterocycles. The van der Waals surface area contributed by atoms with Crippen LogP contribution in [0.2, 0.25) is 0 Å². The molecule has 7 nitrogen and oxygen atoms in total. The summed E-state index contributed by atoms with van der Waals surface area (Å²) in [6, 6.07) is 18.3. The van der Waals surface area contributed by atoms with E-state index in [4.69, 9.17) is 9.47 Å². The van der Waals surface area contributed by atoms with Crippen LogP contribution in [0.1, 0.15) is 44.3 Å². The molecule has 1 N–H and O–H groups in total. The third kappa shape index (κ3) is 4.49. The monoisotopic (exact) mass is 455 g/mol. The van der Waals surface area contributed by atoms with Gasteiger partial charge in [0.2, 0.25) is 0 Å². The number of esters is 1. The van der Waals surface area contributed by atoms with E-state index in [1.54, 1.807) is 42.5 Å². The molecule has 4 rings (SSSR count). The summed E-state index contributed by atoms with van der Waals surface area (Å²) < 4.78 is 10.4. The van der Waals surface area contributed by atoms with E-state index in [-0.39, 0.29) is 22.7 Å². The zero-order chi connectivity index (χ0) is 24.2. The largest absolute Gasteiger partial charge is 0.496 e. The maximum absolute atomic E-state index is 12.9. The van der Waals surface area contributed by atoms with E-state index in [2.05, 4.69) is 5.32 Å². The molecule has 1 amide bonds. The van der Waals surface area contributed by atoms with Gasteiger partial charge >= 0.3 is 5.97 Å². The number of carbonyl (C=O) groups is 4. The molecule has 1 atom stereocenters. The Labute approximate surface area is 196 Å². The number of hydrogen-bond donors (Lipinski definition) is 1. The Morgan fingerprint density at radius 3 is 2.18 bits per heavy atom. The van der Waals surface area contributed by atoms with E-state index < -0.39 is 18.0 Å². The van der Waals surface area contributed by atoms with Gasteiger partial charge in [-0.15, -0.1) is 0 Å². The van der Waals surface area contributed by atoms with Crippen LogP contribution in [0, 0.1) is 0 Å². The molecule has 1 aliphatic carbocycles. The lowest BCUT2D eigenvalue weighted by Crippen LogP contribution is -2.29. The molecule has 0 aliphatic heterocycles. The van der Waals surface area contributed by atoms with E-state index in [1.807, 2.05) is 6.07 Å². The summed E-state index contributed by atoms with van der Waals surface area (Å²) in [7, 11) is 1.53. The molecular weight excluding hydrogens is 434 g/mol. The summed E-state index contributed by atoms with van der Waals surface area (Å²) in [4.78, 5) is 50.3. The summed E-state index contributed by atoms with van der Waals surface area (Å²) >= 11 is 0. The predicted molar refractivity (Wildman–Crippen MR) is 126 cm³/mol. The van der Waals surface area contributed by atoms with Crippen LogP contribution in [0.4, 0.5) is 5.69 Å². The van der Waals surface area contributed by atoms with Crippen molar-refractivity contribution in [2.24, 2.45) is 0 Å². The fourth-order valence-electron chi connectivity index (χ4n) is 3.65. The molecule has 0 spiro atoms. The van der Waals surface area contributed by atoms with Crippen molar-refractivity contribution in [3.05, 3.63) is 101 Å². The highest BCUT2D eigenvalue weighted by atomic mass is 16.5. The van der Waals surface area contributed by atoms with Gasteiger partial charge in [-0.1, -0.05) is 42.5 Å². The second-order valence-electron chi connectivity index (χ2n) is 7.61. The molecule has 0 aromatic heterocycles. The van der Waals surface area contributed by atoms with Gasteiger partial charge in [0.05, 0.1) is 7.11 Å². The van der Waals surface area contributed by atoms with Crippen molar-refractivity contribution in [3.63, 3.8) is 0 Å². The predicted octanol–water partition coefficient (Wildman–Crippen LogP) is 4.05. The highest BCUT2D eigenvalue weighted by Gasteiger charge is 2.29. The number of ketones is 2. The normalized spacial score (nSPS) is 13.1. The highest BCUT2D eigenvalue weighted by Crippen LogP contribution is 2.29. The fourth-order valence-corrected chi connectivity index (χ4v) is 3.65. The van der Waals surface area contributed by atoms with Crippen LogP contribution in [0.3, 0.4) is 0 Å². The number of carbonyl (C=O) groups excluding carboxylic acids is 4. The van der Waals surface area contributed by atoms with Crippen LogP contribution in [-0.4, -0.2) is 36.7 Å². The molecule has 3 aromatic rings.